The third-order valence-electron chi connectivity index (χ3n) is 6.52. The van der Waals surface area contributed by atoms with E-state index in [-0.39, 0.29) is 0 Å². The summed E-state index contributed by atoms with van der Waals surface area (Å²) in [7, 11) is 0. The first-order valence-electron chi connectivity index (χ1n) is 11.5. The van der Waals surface area contributed by atoms with E-state index >= 15 is 0 Å². The van der Waals surface area contributed by atoms with Gasteiger partial charge in [0.05, 0.1) is 5.69 Å². The largest absolute Gasteiger partial charge is 0.323 e. The quantitative estimate of drug-likeness (QED) is 0.215. The van der Waals surface area contributed by atoms with Crippen molar-refractivity contribution >= 4 is 27.2 Å². The average molecular weight is 437 g/mol. The average Bonchev–Trinajstić information content (AvgIpc) is 2.92. The minimum absolute atomic E-state index is 0.901. The monoisotopic (exact) mass is 436 g/mol. The van der Waals surface area contributed by atoms with Crippen LogP contribution < -0.4 is 11.3 Å². The number of fused-ring (bicyclic) bond motifs is 2. The molecule has 0 radical (unpaired) electrons. The van der Waals surface area contributed by atoms with Crippen molar-refractivity contribution in [2.24, 2.45) is 5.84 Å². The van der Waals surface area contributed by atoms with Gasteiger partial charge in [0.15, 0.2) is 0 Å². The Morgan fingerprint density at radius 1 is 0.412 bits per heavy atom. The van der Waals surface area contributed by atoms with Gasteiger partial charge in [-0.15, -0.1) is 0 Å². The van der Waals surface area contributed by atoms with Crippen molar-refractivity contribution in [2.45, 2.75) is 0 Å². The summed E-state index contributed by atoms with van der Waals surface area (Å²) in [5, 5.41) is 4.87. The lowest BCUT2D eigenvalue weighted by atomic mass is 9.85. The second kappa shape index (κ2) is 8.51. The fourth-order valence-electron chi connectivity index (χ4n) is 4.87. The Morgan fingerprint density at radius 2 is 0.941 bits per heavy atom. The van der Waals surface area contributed by atoms with Crippen molar-refractivity contribution < 1.29 is 0 Å². The van der Waals surface area contributed by atoms with Crippen LogP contribution in [-0.2, 0) is 0 Å². The number of nitrogens with two attached hydrogens (primary N) is 1. The zero-order chi connectivity index (χ0) is 22.9. The van der Waals surface area contributed by atoms with E-state index in [4.69, 9.17) is 5.84 Å². The maximum absolute atomic E-state index is 6.08. The minimum atomic E-state index is 0.901. The van der Waals surface area contributed by atoms with Crippen molar-refractivity contribution in [3.05, 3.63) is 127 Å². The van der Waals surface area contributed by atoms with Crippen LogP contribution in [0.3, 0.4) is 0 Å². The van der Waals surface area contributed by atoms with Crippen LogP contribution in [0.5, 0.6) is 0 Å². The van der Waals surface area contributed by atoms with Gasteiger partial charge in [-0.2, -0.15) is 0 Å². The lowest BCUT2D eigenvalue weighted by Crippen LogP contribution is -2.09. The highest BCUT2D eigenvalue weighted by molar-refractivity contribution is 6.03. The van der Waals surface area contributed by atoms with Crippen LogP contribution in [0.15, 0.2) is 127 Å². The minimum Gasteiger partial charge on any atom is -0.323 e. The summed E-state index contributed by atoms with van der Waals surface area (Å²) in [5.74, 6) is 6.08. The molecule has 3 N–H and O–H groups in total. The molecule has 2 heteroatoms. The van der Waals surface area contributed by atoms with Gasteiger partial charge in [0.25, 0.3) is 0 Å². The van der Waals surface area contributed by atoms with Crippen LogP contribution in [0, 0.1) is 0 Å². The zero-order valence-corrected chi connectivity index (χ0v) is 18.7. The molecule has 0 aliphatic carbocycles. The Labute approximate surface area is 199 Å². The van der Waals surface area contributed by atoms with Crippen LogP contribution in [0.4, 0.5) is 5.69 Å². The number of hydrogen-bond donors (Lipinski definition) is 2. The van der Waals surface area contributed by atoms with E-state index in [1.165, 1.54) is 38.2 Å². The summed E-state index contributed by atoms with van der Waals surface area (Å²) >= 11 is 0. The van der Waals surface area contributed by atoms with Gasteiger partial charge in [-0.05, 0) is 67.6 Å². The van der Waals surface area contributed by atoms with E-state index < -0.39 is 0 Å². The molecule has 6 aromatic rings. The topological polar surface area (TPSA) is 38.0 Å². The molecule has 0 aliphatic heterocycles. The summed E-state index contributed by atoms with van der Waals surface area (Å²) < 4.78 is 0. The van der Waals surface area contributed by atoms with E-state index in [1.807, 2.05) is 0 Å². The standard InChI is InChI=1S/C32H24N2/c33-34-30-19-18-29(24-10-2-1-3-11-24)31(27-16-14-22-8-4-6-12-25(22)20-27)32(30)28-17-15-23-9-5-7-13-26(23)21-28/h1-21,34H,33H2. The van der Waals surface area contributed by atoms with Gasteiger partial charge in [0.2, 0.25) is 0 Å². The number of rotatable bonds is 4. The highest BCUT2D eigenvalue weighted by Crippen LogP contribution is 2.45. The normalized spacial score (nSPS) is 11.1. The molecule has 0 saturated heterocycles. The Balaban J connectivity index is 1.70. The maximum atomic E-state index is 6.08. The first kappa shape index (κ1) is 20.2. The number of anilines is 1. The zero-order valence-electron chi connectivity index (χ0n) is 18.7. The molecular weight excluding hydrogens is 412 g/mol. The van der Waals surface area contributed by atoms with E-state index in [2.05, 4.69) is 133 Å². The summed E-state index contributed by atoms with van der Waals surface area (Å²) in [4.78, 5) is 0. The molecule has 6 aromatic carbocycles. The predicted molar refractivity (Wildman–Crippen MR) is 146 cm³/mol. The first-order chi connectivity index (χ1) is 16.8. The molecule has 0 heterocycles. The van der Waals surface area contributed by atoms with Gasteiger partial charge in [-0.25, -0.2) is 0 Å². The second-order valence-corrected chi connectivity index (χ2v) is 8.54. The predicted octanol–water partition coefficient (Wildman–Crippen LogP) is 8.28. The van der Waals surface area contributed by atoms with Gasteiger partial charge < -0.3 is 5.43 Å². The van der Waals surface area contributed by atoms with Crippen LogP contribution in [0.25, 0.3) is 54.9 Å². The van der Waals surface area contributed by atoms with E-state index in [0.717, 1.165) is 22.4 Å². The molecule has 0 unspecified atom stereocenters. The van der Waals surface area contributed by atoms with Crippen LogP contribution in [-0.4, -0.2) is 0 Å². The molecule has 0 aliphatic rings. The van der Waals surface area contributed by atoms with Crippen LogP contribution in [0.1, 0.15) is 0 Å². The van der Waals surface area contributed by atoms with Gasteiger partial charge in [0.1, 0.15) is 0 Å². The smallest absolute Gasteiger partial charge is 0.0570 e. The Kier molecular flexibility index (Phi) is 5.06. The molecule has 0 aromatic heterocycles. The highest BCUT2D eigenvalue weighted by atomic mass is 15.2. The molecule has 0 spiro atoms. The van der Waals surface area contributed by atoms with E-state index in [9.17, 15) is 0 Å². The maximum Gasteiger partial charge on any atom is 0.0570 e. The molecule has 162 valence electrons. The molecule has 0 saturated carbocycles. The third kappa shape index (κ3) is 3.51. The lowest BCUT2D eigenvalue weighted by molar-refractivity contribution is 1.35. The Hall–Kier alpha value is -4.40. The first-order valence-corrected chi connectivity index (χ1v) is 11.5. The van der Waals surface area contributed by atoms with Gasteiger partial charge in [-0.1, -0.05) is 109 Å². The number of nitrogens with one attached hydrogen (secondary N) is 1. The van der Waals surface area contributed by atoms with E-state index in [0.29, 0.717) is 0 Å². The van der Waals surface area contributed by atoms with E-state index in [1.54, 1.807) is 0 Å². The fraction of sp³-hybridized carbons (Fsp3) is 0. The summed E-state index contributed by atoms with van der Waals surface area (Å²) in [6.07, 6.45) is 0. The number of hydrazine groups is 1. The van der Waals surface area contributed by atoms with Gasteiger partial charge >= 0.3 is 0 Å². The van der Waals surface area contributed by atoms with Gasteiger partial charge in [-0.3, -0.25) is 5.84 Å². The van der Waals surface area contributed by atoms with Crippen molar-refractivity contribution in [3.8, 4) is 33.4 Å². The molecular formula is C32H24N2. The Bertz CT molecular complexity index is 1630. The fourth-order valence-corrected chi connectivity index (χ4v) is 4.87. The number of benzene rings is 6. The van der Waals surface area contributed by atoms with Crippen LogP contribution >= 0.6 is 0 Å². The summed E-state index contributed by atoms with van der Waals surface area (Å²) in [6.45, 7) is 0. The Morgan fingerprint density at radius 3 is 1.53 bits per heavy atom. The van der Waals surface area contributed by atoms with Crippen molar-refractivity contribution in [2.75, 3.05) is 5.43 Å². The molecule has 2 nitrogen and oxygen atoms in total. The molecule has 0 atom stereocenters. The molecule has 6 rings (SSSR count). The molecule has 0 amide bonds. The molecule has 0 fully saturated rings. The SMILES string of the molecule is NNc1ccc(-c2ccccc2)c(-c2ccc3ccccc3c2)c1-c1ccc2ccccc2c1. The van der Waals surface area contributed by atoms with Crippen LogP contribution in [0.2, 0.25) is 0 Å². The van der Waals surface area contributed by atoms with Crippen molar-refractivity contribution in [1.82, 2.24) is 0 Å². The lowest BCUT2D eigenvalue weighted by Gasteiger charge is -2.20. The molecule has 34 heavy (non-hydrogen) atoms. The van der Waals surface area contributed by atoms with Crippen molar-refractivity contribution in [3.63, 3.8) is 0 Å². The highest BCUT2D eigenvalue weighted by Gasteiger charge is 2.18. The summed E-state index contributed by atoms with van der Waals surface area (Å²) in [6, 6.07) is 45.1. The second-order valence-electron chi connectivity index (χ2n) is 8.54. The number of hydrogen-bond acceptors (Lipinski definition) is 2. The number of nitrogen functional groups attached to an aromatic ring is 1. The van der Waals surface area contributed by atoms with Gasteiger partial charge in [0, 0.05) is 5.56 Å². The van der Waals surface area contributed by atoms with Crippen molar-refractivity contribution in [1.29, 1.82) is 0 Å². The summed E-state index contributed by atoms with van der Waals surface area (Å²) in [5.41, 5.74) is 10.8. The molecule has 0 bridgehead atoms. The third-order valence-corrected chi connectivity index (χ3v) is 6.52.